The molecule has 3 heterocycles. The van der Waals surface area contributed by atoms with Gasteiger partial charge in [-0.2, -0.15) is 0 Å². The second-order valence-corrected chi connectivity index (χ2v) is 6.79. The van der Waals surface area contributed by atoms with Crippen LogP contribution in [0.15, 0.2) is 30.5 Å². The van der Waals surface area contributed by atoms with Crippen molar-refractivity contribution in [3.8, 4) is 17.0 Å². The van der Waals surface area contributed by atoms with Gasteiger partial charge in [0.1, 0.15) is 17.2 Å². The molecule has 0 unspecified atom stereocenters. The summed E-state index contributed by atoms with van der Waals surface area (Å²) in [6.07, 6.45) is 1.55. The SMILES string of the molecule is COc1cc2nc(C)c(-c3ccc(N4CCNCC4)cc3F)n2cc1C(N)=O.Cl. The number of pyridine rings is 1. The molecule has 0 bridgehead atoms. The van der Waals surface area contributed by atoms with E-state index in [1.54, 1.807) is 28.8 Å². The van der Waals surface area contributed by atoms with Crippen LogP contribution in [0.1, 0.15) is 16.1 Å². The second-order valence-electron chi connectivity index (χ2n) is 6.79. The summed E-state index contributed by atoms with van der Waals surface area (Å²) in [5, 5.41) is 3.29. The maximum Gasteiger partial charge on any atom is 0.253 e. The number of rotatable bonds is 4. The van der Waals surface area contributed by atoms with Crippen molar-refractivity contribution in [2.24, 2.45) is 5.73 Å². The number of methoxy groups -OCH3 is 1. The van der Waals surface area contributed by atoms with Crippen molar-refractivity contribution >= 4 is 29.6 Å². The fourth-order valence-corrected chi connectivity index (χ4v) is 3.68. The van der Waals surface area contributed by atoms with Gasteiger partial charge in [-0.25, -0.2) is 9.37 Å². The number of aryl methyl sites for hydroxylation is 1. The lowest BCUT2D eigenvalue weighted by atomic mass is 10.1. The minimum absolute atomic E-state index is 0. The number of halogens is 2. The standard InChI is InChI=1S/C20H22FN5O2.ClH/c1-12-19(26-11-15(20(22)27)17(28-2)10-18(26)24-12)14-4-3-13(9-16(14)21)25-7-5-23-6-8-25;/h3-4,9-11,23H,5-8H2,1-2H3,(H2,22,27);1H. The van der Waals surface area contributed by atoms with Crippen LogP contribution in [0.5, 0.6) is 5.75 Å². The molecule has 2 aromatic heterocycles. The van der Waals surface area contributed by atoms with E-state index in [-0.39, 0.29) is 23.8 Å². The highest BCUT2D eigenvalue weighted by molar-refractivity contribution is 5.96. The predicted molar refractivity (Wildman–Crippen MR) is 113 cm³/mol. The first kappa shape index (κ1) is 20.9. The summed E-state index contributed by atoms with van der Waals surface area (Å²) in [6.45, 7) is 5.26. The maximum atomic E-state index is 15.1. The van der Waals surface area contributed by atoms with Crippen molar-refractivity contribution in [2.45, 2.75) is 6.92 Å². The molecule has 4 rings (SSSR count). The Labute approximate surface area is 174 Å². The zero-order valence-corrected chi connectivity index (χ0v) is 17.1. The zero-order valence-electron chi connectivity index (χ0n) is 16.2. The van der Waals surface area contributed by atoms with Gasteiger partial charge in [-0.05, 0) is 25.1 Å². The molecule has 1 aliphatic rings. The fourth-order valence-electron chi connectivity index (χ4n) is 3.68. The number of primary amides is 1. The Morgan fingerprint density at radius 3 is 2.62 bits per heavy atom. The zero-order chi connectivity index (χ0) is 19.8. The van der Waals surface area contributed by atoms with Gasteiger partial charge in [0, 0.05) is 49.7 Å². The topological polar surface area (TPSA) is 84.9 Å². The number of benzene rings is 1. The number of carbonyl (C=O) groups is 1. The molecular weight excluding hydrogens is 397 g/mol. The minimum atomic E-state index is -0.620. The van der Waals surface area contributed by atoms with Crippen LogP contribution in [0.4, 0.5) is 10.1 Å². The van der Waals surface area contributed by atoms with Crippen LogP contribution in [0.3, 0.4) is 0 Å². The van der Waals surface area contributed by atoms with Crippen LogP contribution in [0.25, 0.3) is 16.9 Å². The van der Waals surface area contributed by atoms with E-state index in [1.165, 1.54) is 7.11 Å². The number of nitrogens with zero attached hydrogens (tertiary/aromatic N) is 3. The largest absolute Gasteiger partial charge is 0.496 e. The van der Waals surface area contributed by atoms with Gasteiger partial charge in [0.15, 0.2) is 0 Å². The average molecular weight is 420 g/mol. The molecule has 0 atom stereocenters. The molecule has 0 saturated carbocycles. The lowest BCUT2D eigenvalue weighted by Crippen LogP contribution is -2.43. The Morgan fingerprint density at radius 2 is 2.00 bits per heavy atom. The Balaban J connectivity index is 0.00000240. The van der Waals surface area contributed by atoms with Crippen molar-refractivity contribution in [3.05, 3.63) is 47.5 Å². The molecule has 0 spiro atoms. The summed E-state index contributed by atoms with van der Waals surface area (Å²) in [6, 6.07) is 6.86. The van der Waals surface area contributed by atoms with Gasteiger partial charge in [-0.3, -0.25) is 9.20 Å². The molecule has 1 amide bonds. The molecule has 154 valence electrons. The highest BCUT2D eigenvalue weighted by atomic mass is 35.5. The third-order valence-electron chi connectivity index (χ3n) is 5.07. The molecule has 1 saturated heterocycles. The van der Waals surface area contributed by atoms with E-state index in [2.05, 4.69) is 15.2 Å². The lowest BCUT2D eigenvalue weighted by molar-refractivity contribution is 0.0997. The maximum absolute atomic E-state index is 15.1. The number of nitrogens with two attached hydrogens (primary N) is 1. The van der Waals surface area contributed by atoms with Crippen LogP contribution in [0, 0.1) is 12.7 Å². The van der Waals surface area contributed by atoms with E-state index in [9.17, 15) is 4.79 Å². The lowest BCUT2D eigenvalue weighted by Gasteiger charge is -2.29. The number of piperazine rings is 1. The molecule has 7 nitrogen and oxygen atoms in total. The highest BCUT2D eigenvalue weighted by Crippen LogP contribution is 2.32. The number of aromatic nitrogens is 2. The number of fused-ring (bicyclic) bond motifs is 1. The first-order valence-corrected chi connectivity index (χ1v) is 9.11. The first-order chi connectivity index (χ1) is 13.5. The number of imidazole rings is 1. The summed E-state index contributed by atoms with van der Waals surface area (Å²) < 4.78 is 22.0. The molecule has 29 heavy (non-hydrogen) atoms. The summed E-state index contributed by atoms with van der Waals surface area (Å²) in [5.74, 6) is -0.617. The molecule has 0 radical (unpaired) electrons. The molecule has 9 heteroatoms. The molecule has 3 aromatic rings. The van der Waals surface area contributed by atoms with Gasteiger partial charge in [-0.15, -0.1) is 12.4 Å². The molecule has 0 aliphatic carbocycles. The van der Waals surface area contributed by atoms with Gasteiger partial charge in [0.05, 0.1) is 24.1 Å². The second kappa shape index (κ2) is 8.26. The Kier molecular flexibility index (Phi) is 5.95. The van der Waals surface area contributed by atoms with E-state index in [0.717, 1.165) is 31.9 Å². The fraction of sp³-hybridized carbons (Fsp3) is 0.300. The third-order valence-corrected chi connectivity index (χ3v) is 5.07. The summed E-state index contributed by atoms with van der Waals surface area (Å²) in [7, 11) is 1.46. The summed E-state index contributed by atoms with van der Waals surface area (Å²) >= 11 is 0. The van der Waals surface area contributed by atoms with E-state index in [4.69, 9.17) is 10.5 Å². The summed E-state index contributed by atoms with van der Waals surface area (Å²) in [4.78, 5) is 18.4. The van der Waals surface area contributed by atoms with Crippen LogP contribution in [-0.2, 0) is 0 Å². The Hall–Kier alpha value is -2.84. The molecule has 1 aromatic carbocycles. The molecule has 1 fully saturated rings. The highest BCUT2D eigenvalue weighted by Gasteiger charge is 2.20. The average Bonchev–Trinajstić information content (AvgIpc) is 3.02. The van der Waals surface area contributed by atoms with E-state index in [0.29, 0.717) is 28.3 Å². The number of amides is 1. The van der Waals surface area contributed by atoms with Crippen molar-refractivity contribution in [2.75, 3.05) is 38.2 Å². The van der Waals surface area contributed by atoms with Gasteiger partial charge >= 0.3 is 0 Å². The monoisotopic (exact) mass is 419 g/mol. The van der Waals surface area contributed by atoms with Crippen LogP contribution >= 0.6 is 12.4 Å². The van der Waals surface area contributed by atoms with Gasteiger partial charge in [-0.1, -0.05) is 0 Å². The number of carbonyl (C=O) groups excluding carboxylic acids is 1. The van der Waals surface area contributed by atoms with Crippen molar-refractivity contribution < 1.29 is 13.9 Å². The number of anilines is 1. The van der Waals surface area contributed by atoms with Crippen LogP contribution in [-0.4, -0.2) is 48.6 Å². The van der Waals surface area contributed by atoms with E-state index >= 15 is 4.39 Å². The minimum Gasteiger partial charge on any atom is -0.496 e. The number of hydrogen-bond donors (Lipinski definition) is 2. The predicted octanol–water partition coefficient (Wildman–Crippen LogP) is 2.39. The number of nitrogens with one attached hydrogen (secondary N) is 1. The molecule has 3 N–H and O–H groups in total. The van der Waals surface area contributed by atoms with Crippen molar-refractivity contribution in [1.29, 1.82) is 0 Å². The van der Waals surface area contributed by atoms with Crippen LogP contribution < -0.4 is 20.7 Å². The molecule has 1 aliphatic heterocycles. The van der Waals surface area contributed by atoms with Gasteiger partial charge in [0.2, 0.25) is 0 Å². The Bertz CT molecular complexity index is 1060. The Morgan fingerprint density at radius 1 is 1.28 bits per heavy atom. The number of hydrogen-bond acceptors (Lipinski definition) is 5. The number of ether oxygens (including phenoxy) is 1. The first-order valence-electron chi connectivity index (χ1n) is 9.11. The van der Waals surface area contributed by atoms with E-state index < -0.39 is 5.91 Å². The normalized spacial score (nSPS) is 14.0. The van der Waals surface area contributed by atoms with Gasteiger partial charge in [0.25, 0.3) is 5.91 Å². The van der Waals surface area contributed by atoms with E-state index in [1.807, 2.05) is 13.0 Å². The van der Waals surface area contributed by atoms with Crippen molar-refractivity contribution in [3.63, 3.8) is 0 Å². The smallest absolute Gasteiger partial charge is 0.253 e. The molecular formula is C20H23ClFN5O2. The van der Waals surface area contributed by atoms with Gasteiger partial charge < -0.3 is 20.7 Å². The third kappa shape index (κ3) is 3.73. The van der Waals surface area contributed by atoms with Crippen LogP contribution in [0.2, 0.25) is 0 Å². The summed E-state index contributed by atoms with van der Waals surface area (Å²) in [5.41, 5.74) is 8.76. The van der Waals surface area contributed by atoms with Crippen molar-refractivity contribution in [1.82, 2.24) is 14.7 Å². The quantitative estimate of drug-likeness (QED) is 0.678.